The smallest absolute Gasteiger partial charge is 0.293 e. The predicted octanol–water partition coefficient (Wildman–Crippen LogP) is 2.33. The average Bonchev–Trinajstić information content (AvgIpc) is 2.36. The number of hydrogen-bond donors (Lipinski definition) is 1. The van der Waals surface area contributed by atoms with E-state index in [1.54, 1.807) is 17.0 Å². The third-order valence-electron chi connectivity index (χ3n) is 2.68. The quantitative estimate of drug-likeness (QED) is 0.602. The second kappa shape index (κ2) is 7.33. The Labute approximate surface area is 107 Å². The Balaban J connectivity index is 2.44. The molecule has 0 aliphatic carbocycles. The lowest BCUT2D eigenvalue weighted by Gasteiger charge is -2.09. The van der Waals surface area contributed by atoms with Gasteiger partial charge < -0.3 is 9.88 Å². The van der Waals surface area contributed by atoms with Crippen molar-refractivity contribution < 1.29 is 0 Å². The van der Waals surface area contributed by atoms with Gasteiger partial charge in [0.15, 0.2) is 5.82 Å². The lowest BCUT2D eigenvalue weighted by atomic mass is 10.1. The van der Waals surface area contributed by atoms with Gasteiger partial charge in [-0.15, -0.1) is 11.6 Å². The number of aromatic nitrogens is 2. The molecule has 17 heavy (non-hydrogen) atoms. The summed E-state index contributed by atoms with van der Waals surface area (Å²) in [6, 6.07) is 0. The second-order valence-corrected chi connectivity index (χ2v) is 4.50. The molecule has 1 unspecified atom stereocenters. The minimum Gasteiger partial charge on any atom is -0.365 e. The zero-order valence-electron chi connectivity index (χ0n) is 10.4. The van der Waals surface area contributed by atoms with Crippen LogP contribution >= 0.6 is 11.6 Å². The first kappa shape index (κ1) is 14.0. The molecule has 96 valence electrons. The zero-order valence-corrected chi connectivity index (χ0v) is 11.2. The molecular weight excluding hydrogens is 238 g/mol. The largest absolute Gasteiger partial charge is 0.365 e. The summed E-state index contributed by atoms with van der Waals surface area (Å²) in [6.45, 7) is 5.49. The van der Waals surface area contributed by atoms with Crippen LogP contribution in [0.25, 0.3) is 0 Å². The van der Waals surface area contributed by atoms with Crippen molar-refractivity contribution in [2.75, 3.05) is 17.7 Å². The lowest BCUT2D eigenvalue weighted by Crippen LogP contribution is -2.24. The van der Waals surface area contributed by atoms with E-state index < -0.39 is 0 Å². The highest BCUT2D eigenvalue weighted by Gasteiger charge is 2.03. The third kappa shape index (κ3) is 4.38. The van der Waals surface area contributed by atoms with Gasteiger partial charge in [0, 0.05) is 31.4 Å². The number of nitrogens with zero attached hydrogens (tertiary/aromatic N) is 2. The Morgan fingerprint density at radius 1 is 1.59 bits per heavy atom. The number of anilines is 1. The van der Waals surface area contributed by atoms with Gasteiger partial charge in [0.2, 0.25) is 0 Å². The van der Waals surface area contributed by atoms with Crippen LogP contribution in [0.5, 0.6) is 0 Å². The highest BCUT2D eigenvalue weighted by molar-refractivity contribution is 6.18. The second-order valence-electron chi connectivity index (χ2n) is 4.20. The Kier molecular flexibility index (Phi) is 6.05. The monoisotopic (exact) mass is 257 g/mol. The van der Waals surface area contributed by atoms with Gasteiger partial charge in [-0.1, -0.05) is 6.92 Å². The summed E-state index contributed by atoms with van der Waals surface area (Å²) >= 11 is 5.73. The molecule has 1 aromatic heterocycles. The van der Waals surface area contributed by atoms with E-state index in [4.69, 9.17) is 11.6 Å². The molecule has 0 spiro atoms. The van der Waals surface area contributed by atoms with Crippen LogP contribution in [0.15, 0.2) is 17.2 Å². The molecule has 1 rings (SSSR count). The number of halogens is 1. The van der Waals surface area contributed by atoms with Gasteiger partial charge in [-0.2, -0.15) is 0 Å². The molecule has 0 aromatic carbocycles. The molecule has 0 radical (unpaired) electrons. The molecule has 0 aliphatic heterocycles. The van der Waals surface area contributed by atoms with E-state index >= 15 is 0 Å². The first-order valence-corrected chi connectivity index (χ1v) is 6.57. The van der Waals surface area contributed by atoms with E-state index in [0.29, 0.717) is 24.2 Å². The first-order valence-electron chi connectivity index (χ1n) is 6.04. The minimum atomic E-state index is -0.0552. The van der Waals surface area contributed by atoms with Crippen LogP contribution in [-0.4, -0.2) is 22.0 Å². The van der Waals surface area contributed by atoms with E-state index in [-0.39, 0.29) is 5.56 Å². The fourth-order valence-corrected chi connectivity index (χ4v) is 1.71. The molecule has 5 heteroatoms. The summed E-state index contributed by atoms with van der Waals surface area (Å²) < 4.78 is 1.64. The molecule has 0 saturated heterocycles. The summed E-state index contributed by atoms with van der Waals surface area (Å²) in [7, 11) is 0. The van der Waals surface area contributed by atoms with E-state index in [0.717, 1.165) is 19.4 Å². The van der Waals surface area contributed by atoms with Crippen LogP contribution in [0.2, 0.25) is 0 Å². The molecule has 0 amide bonds. The van der Waals surface area contributed by atoms with E-state index in [2.05, 4.69) is 17.2 Å². The van der Waals surface area contributed by atoms with Crippen LogP contribution in [0.1, 0.15) is 26.7 Å². The maximum atomic E-state index is 11.8. The summed E-state index contributed by atoms with van der Waals surface area (Å²) in [6.07, 6.45) is 5.40. The molecule has 1 N–H and O–H groups in total. The highest BCUT2D eigenvalue weighted by atomic mass is 35.5. The predicted molar refractivity (Wildman–Crippen MR) is 71.8 cm³/mol. The molecule has 1 heterocycles. The number of nitrogens with one attached hydrogen (secondary N) is 1. The van der Waals surface area contributed by atoms with Crippen LogP contribution in [0, 0.1) is 5.92 Å². The number of aryl methyl sites for hydroxylation is 1. The van der Waals surface area contributed by atoms with Crippen molar-refractivity contribution in [2.45, 2.75) is 33.2 Å². The van der Waals surface area contributed by atoms with Crippen molar-refractivity contribution in [1.82, 2.24) is 9.55 Å². The van der Waals surface area contributed by atoms with Crippen LogP contribution in [0.4, 0.5) is 5.82 Å². The summed E-state index contributed by atoms with van der Waals surface area (Å²) in [4.78, 5) is 15.9. The van der Waals surface area contributed by atoms with Gasteiger partial charge in [-0.3, -0.25) is 4.79 Å². The highest BCUT2D eigenvalue weighted by Crippen LogP contribution is 2.07. The van der Waals surface area contributed by atoms with Gasteiger partial charge in [0.05, 0.1) is 0 Å². The Morgan fingerprint density at radius 3 is 3.00 bits per heavy atom. The van der Waals surface area contributed by atoms with Gasteiger partial charge in [-0.05, 0) is 25.7 Å². The van der Waals surface area contributed by atoms with Gasteiger partial charge >= 0.3 is 0 Å². The van der Waals surface area contributed by atoms with Crippen LogP contribution < -0.4 is 10.9 Å². The normalized spacial score (nSPS) is 12.4. The maximum Gasteiger partial charge on any atom is 0.293 e. The molecular formula is C12H20ClN3O. The summed E-state index contributed by atoms with van der Waals surface area (Å²) in [5, 5.41) is 3.08. The number of alkyl halides is 1. The molecule has 0 aliphatic rings. The fraction of sp³-hybridized carbons (Fsp3) is 0.667. The SMILES string of the molecule is CCn1ccnc(NCCCC(C)CCl)c1=O. The van der Waals surface area contributed by atoms with Crippen molar-refractivity contribution in [2.24, 2.45) is 5.92 Å². The van der Waals surface area contributed by atoms with Crippen molar-refractivity contribution in [1.29, 1.82) is 0 Å². The van der Waals surface area contributed by atoms with Crippen molar-refractivity contribution in [3.8, 4) is 0 Å². The Bertz CT molecular complexity index is 392. The molecule has 1 aromatic rings. The van der Waals surface area contributed by atoms with Gasteiger partial charge in [-0.25, -0.2) is 4.98 Å². The average molecular weight is 258 g/mol. The molecule has 1 atom stereocenters. The van der Waals surface area contributed by atoms with E-state index in [1.165, 1.54) is 0 Å². The summed E-state index contributed by atoms with van der Waals surface area (Å²) in [5.41, 5.74) is -0.0552. The Hall–Kier alpha value is -1.03. The Morgan fingerprint density at radius 2 is 2.35 bits per heavy atom. The van der Waals surface area contributed by atoms with Crippen molar-refractivity contribution in [3.63, 3.8) is 0 Å². The number of hydrogen-bond acceptors (Lipinski definition) is 3. The maximum absolute atomic E-state index is 11.8. The van der Waals surface area contributed by atoms with Crippen LogP contribution in [-0.2, 0) is 6.54 Å². The van der Waals surface area contributed by atoms with E-state index in [1.807, 2.05) is 6.92 Å². The van der Waals surface area contributed by atoms with Crippen molar-refractivity contribution >= 4 is 17.4 Å². The van der Waals surface area contributed by atoms with Gasteiger partial charge in [0.1, 0.15) is 0 Å². The molecule has 4 nitrogen and oxygen atoms in total. The van der Waals surface area contributed by atoms with Crippen LogP contribution in [0.3, 0.4) is 0 Å². The zero-order chi connectivity index (χ0) is 12.7. The standard InChI is InChI=1S/C12H20ClN3O/c1-3-16-8-7-15-11(12(16)17)14-6-4-5-10(2)9-13/h7-8,10H,3-6,9H2,1-2H3,(H,14,15). The summed E-state index contributed by atoms with van der Waals surface area (Å²) in [5.74, 6) is 1.65. The lowest BCUT2D eigenvalue weighted by molar-refractivity contribution is 0.572. The molecule has 0 bridgehead atoms. The third-order valence-corrected chi connectivity index (χ3v) is 3.21. The topological polar surface area (TPSA) is 46.9 Å². The minimum absolute atomic E-state index is 0.0552. The number of rotatable bonds is 7. The first-order chi connectivity index (χ1) is 8.19. The van der Waals surface area contributed by atoms with Crippen molar-refractivity contribution in [3.05, 3.63) is 22.7 Å². The van der Waals surface area contributed by atoms with Gasteiger partial charge in [0.25, 0.3) is 5.56 Å². The fourth-order valence-electron chi connectivity index (χ4n) is 1.55. The molecule has 0 fully saturated rings. The molecule has 0 saturated carbocycles. The van der Waals surface area contributed by atoms with E-state index in [9.17, 15) is 4.79 Å².